The number of piperidine rings is 1. The first-order valence-corrected chi connectivity index (χ1v) is 8.81. The van der Waals surface area contributed by atoms with Gasteiger partial charge in [0.05, 0.1) is 16.9 Å². The maximum Gasteiger partial charge on any atom is 0.312 e. The molecule has 1 aromatic rings. The van der Waals surface area contributed by atoms with Crippen molar-refractivity contribution in [2.24, 2.45) is 5.92 Å². The van der Waals surface area contributed by atoms with Crippen LogP contribution in [0.15, 0.2) is 23.1 Å². The smallest absolute Gasteiger partial charge is 0.312 e. The van der Waals surface area contributed by atoms with Gasteiger partial charge in [0.15, 0.2) is 5.75 Å². The SMILES string of the molecule is CNCC1CCCN(S(=O)(=O)c2ccc(OC)c([N+](=O)[O-])c2)C1. The fourth-order valence-electron chi connectivity index (χ4n) is 2.82. The van der Waals surface area contributed by atoms with E-state index in [0.29, 0.717) is 13.1 Å². The molecule has 1 atom stereocenters. The van der Waals surface area contributed by atoms with Gasteiger partial charge >= 0.3 is 5.69 Å². The Labute approximate surface area is 135 Å². The standard InChI is InChI=1S/C14H21N3O5S/c1-15-9-11-4-3-7-16(10-11)23(20,21)12-5-6-14(22-2)13(8-12)17(18)19/h5-6,8,11,15H,3-4,7,9-10H2,1-2H3. The van der Waals surface area contributed by atoms with E-state index in [-0.39, 0.29) is 22.3 Å². The van der Waals surface area contributed by atoms with Gasteiger partial charge in [0.2, 0.25) is 10.0 Å². The van der Waals surface area contributed by atoms with Gasteiger partial charge in [0, 0.05) is 19.2 Å². The van der Waals surface area contributed by atoms with E-state index in [9.17, 15) is 18.5 Å². The van der Waals surface area contributed by atoms with Gasteiger partial charge in [-0.15, -0.1) is 0 Å². The van der Waals surface area contributed by atoms with Crippen molar-refractivity contribution in [3.05, 3.63) is 28.3 Å². The molecule has 8 nitrogen and oxygen atoms in total. The number of ether oxygens (including phenoxy) is 1. The maximum absolute atomic E-state index is 12.8. The van der Waals surface area contributed by atoms with E-state index in [1.807, 2.05) is 7.05 Å². The first-order valence-electron chi connectivity index (χ1n) is 7.37. The number of nitrogens with zero attached hydrogens (tertiary/aromatic N) is 2. The molecule has 0 aliphatic carbocycles. The fourth-order valence-corrected chi connectivity index (χ4v) is 4.40. The van der Waals surface area contributed by atoms with Gasteiger partial charge in [-0.1, -0.05) is 0 Å². The summed E-state index contributed by atoms with van der Waals surface area (Å²) in [7, 11) is -0.606. The summed E-state index contributed by atoms with van der Waals surface area (Å²) >= 11 is 0. The summed E-state index contributed by atoms with van der Waals surface area (Å²) in [5.41, 5.74) is -0.350. The zero-order valence-electron chi connectivity index (χ0n) is 13.2. The zero-order valence-corrected chi connectivity index (χ0v) is 14.0. The Morgan fingerprint density at radius 1 is 1.48 bits per heavy atom. The fraction of sp³-hybridized carbons (Fsp3) is 0.571. The normalized spacial score (nSPS) is 19.5. The van der Waals surface area contributed by atoms with Crippen LogP contribution in [-0.2, 0) is 10.0 Å². The van der Waals surface area contributed by atoms with Crippen LogP contribution in [0.3, 0.4) is 0 Å². The number of nitro groups is 1. The first kappa shape index (κ1) is 17.6. The van der Waals surface area contributed by atoms with Crippen LogP contribution >= 0.6 is 0 Å². The predicted octanol–water partition coefficient (Wildman–Crippen LogP) is 1.22. The van der Waals surface area contributed by atoms with Crippen molar-refractivity contribution < 1.29 is 18.1 Å². The topological polar surface area (TPSA) is 102 Å². The van der Waals surface area contributed by atoms with E-state index < -0.39 is 14.9 Å². The maximum atomic E-state index is 12.8. The molecule has 2 rings (SSSR count). The zero-order chi connectivity index (χ0) is 17.0. The molecule has 1 fully saturated rings. The molecule has 0 saturated carbocycles. The Morgan fingerprint density at radius 3 is 2.83 bits per heavy atom. The molecule has 9 heteroatoms. The average molecular weight is 343 g/mol. The summed E-state index contributed by atoms with van der Waals surface area (Å²) < 4.78 is 31.8. The molecule has 1 heterocycles. The summed E-state index contributed by atoms with van der Waals surface area (Å²) in [4.78, 5) is 10.4. The molecule has 0 bridgehead atoms. The number of methoxy groups -OCH3 is 1. The Kier molecular flexibility index (Phi) is 5.55. The number of benzene rings is 1. The van der Waals surface area contributed by atoms with Gasteiger partial charge in [0.1, 0.15) is 0 Å². The highest BCUT2D eigenvalue weighted by molar-refractivity contribution is 7.89. The molecule has 128 valence electrons. The average Bonchev–Trinajstić information content (AvgIpc) is 2.54. The lowest BCUT2D eigenvalue weighted by molar-refractivity contribution is -0.386. The second-order valence-corrected chi connectivity index (χ2v) is 7.46. The largest absolute Gasteiger partial charge is 0.490 e. The molecule has 1 aliphatic heterocycles. The summed E-state index contributed by atoms with van der Waals surface area (Å²) in [5, 5.41) is 14.1. The molecule has 1 saturated heterocycles. The monoisotopic (exact) mass is 343 g/mol. The molecule has 1 N–H and O–H groups in total. The Balaban J connectivity index is 2.32. The number of sulfonamides is 1. The minimum atomic E-state index is -3.75. The van der Waals surface area contributed by atoms with Crippen LogP contribution < -0.4 is 10.1 Å². The van der Waals surface area contributed by atoms with Gasteiger partial charge in [-0.2, -0.15) is 4.31 Å². The van der Waals surface area contributed by atoms with Crippen LogP contribution in [0.2, 0.25) is 0 Å². The van der Waals surface area contributed by atoms with E-state index in [2.05, 4.69) is 5.32 Å². The van der Waals surface area contributed by atoms with E-state index in [0.717, 1.165) is 25.5 Å². The Morgan fingerprint density at radius 2 is 2.22 bits per heavy atom. The lowest BCUT2D eigenvalue weighted by Gasteiger charge is -2.31. The molecule has 0 spiro atoms. The third kappa shape index (κ3) is 3.80. The molecular formula is C14H21N3O5S. The molecular weight excluding hydrogens is 322 g/mol. The van der Waals surface area contributed by atoms with Crippen LogP contribution in [-0.4, -0.2) is 51.4 Å². The molecule has 0 radical (unpaired) electrons. The highest BCUT2D eigenvalue weighted by Crippen LogP contribution is 2.31. The van der Waals surface area contributed by atoms with Gasteiger partial charge in [-0.25, -0.2) is 8.42 Å². The molecule has 0 amide bonds. The minimum absolute atomic E-state index is 0.0423. The molecule has 1 aliphatic rings. The van der Waals surface area contributed by atoms with Crippen LogP contribution in [0.4, 0.5) is 5.69 Å². The van der Waals surface area contributed by atoms with Gasteiger partial charge in [-0.05, 0) is 44.5 Å². The van der Waals surface area contributed by atoms with Crippen molar-refractivity contribution in [2.75, 3.05) is 33.8 Å². The summed E-state index contributed by atoms with van der Waals surface area (Å²) in [6, 6.07) is 3.73. The number of nitro benzene ring substituents is 1. The number of hydrogen-bond donors (Lipinski definition) is 1. The van der Waals surface area contributed by atoms with Crippen molar-refractivity contribution in [3.63, 3.8) is 0 Å². The number of hydrogen-bond acceptors (Lipinski definition) is 6. The predicted molar refractivity (Wildman–Crippen MR) is 85.1 cm³/mol. The highest BCUT2D eigenvalue weighted by Gasteiger charge is 2.31. The lowest BCUT2D eigenvalue weighted by atomic mass is 10.00. The second kappa shape index (κ2) is 7.24. The van der Waals surface area contributed by atoms with Gasteiger partial charge in [-0.3, -0.25) is 10.1 Å². The minimum Gasteiger partial charge on any atom is -0.490 e. The summed E-state index contributed by atoms with van der Waals surface area (Å²) in [6.07, 6.45) is 1.75. The molecule has 1 unspecified atom stereocenters. The second-order valence-electron chi connectivity index (χ2n) is 5.52. The number of nitrogens with one attached hydrogen (secondary N) is 1. The van der Waals surface area contributed by atoms with Crippen LogP contribution in [0.1, 0.15) is 12.8 Å². The quantitative estimate of drug-likeness (QED) is 0.615. The van der Waals surface area contributed by atoms with E-state index in [1.54, 1.807) is 0 Å². The number of rotatable bonds is 6. The van der Waals surface area contributed by atoms with Crippen LogP contribution in [0, 0.1) is 16.0 Å². The summed E-state index contributed by atoms with van der Waals surface area (Å²) in [5.74, 6) is 0.289. The Hall–Kier alpha value is -1.71. The van der Waals surface area contributed by atoms with E-state index in [4.69, 9.17) is 4.74 Å². The highest BCUT2D eigenvalue weighted by atomic mass is 32.2. The molecule has 0 aromatic heterocycles. The van der Waals surface area contributed by atoms with E-state index in [1.165, 1.54) is 23.5 Å². The van der Waals surface area contributed by atoms with Gasteiger partial charge < -0.3 is 10.1 Å². The van der Waals surface area contributed by atoms with Gasteiger partial charge in [0.25, 0.3) is 0 Å². The third-order valence-corrected chi connectivity index (χ3v) is 5.82. The molecule has 23 heavy (non-hydrogen) atoms. The van der Waals surface area contributed by atoms with Crippen molar-refractivity contribution in [1.29, 1.82) is 0 Å². The molecule has 1 aromatic carbocycles. The van der Waals surface area contributed by atoms with Crippen molar-refractivity contribution in [2.45, 2.75) is 17.7 Å². The van der Waals surface area contributed by atoms with E-state index >= 15 is 0 Å². The lowest BCUT2D eigenvalue weighted by Crippen LogP contribution is -2.42. The summed E-state index contributed by atoms with van der Waals surface area (Å²) in [6.45, 7) is 1.60. The van der Waals surface area contributed by atoms with Crippen molar-refractivity contribution >= 4 is 15.7 Å². The van der Waals surface area contributed by atoms with Crippen molar-refractivity contribution in [3.8, 4) is 5.75 Å². The third-order valence-electron chi connectivity index (χ3n) is 3.96. The van der Waals surface area contributed by atoms with Crippen LogP contribution in [0.5, 0.6) is 5.75 Å². The first-order chi connectivity index (χ1) is 10.9. The van der Waals surface area contributed by atoms with Crippen molar-refractivity contribution in [1.82, 2.24) is 9.62 Å². The Bertz CT molecular complexity index is 675. The van der Waals surface area contributed by atoms with Crippen LogP contribution in [0.25, 0.3) is 0 Å².